The normalized spacial score (nSPS) is 7.30. The number of carbonyl (C=O) groups is 1. The van der Waals surface area contributed by atoms with E-state index < -0.39 is 11.7 Å². The van der Waals surface area contributed by atoms with Crippen LogP contribution in [0.2, 0.25) is 0 Å². The molecule has 5 nitrogen and oxygen atoms in total. The van der Waals surface area contributed by atoms with E-state index in [1.54, 1.807) is 0 Å². The van der Waals surface area contributed by atoms with Gasteiger partial charge in [0.2, 0.25) is 0 Å². The van der Waals surface area contributed by atoms with Crippen molar-refractivity contribution in [2.75, 3.05) is 14.1 Å². The molecule has 0 saturated heterocycles. The van der Waals surface area contributed by atoms with Gasteiger partial charge in [-0.3, -0.25) is 4.79 Å². The molecular weight excluding hydrogens is 132 g/mol. The Morgan fingerprint density at radius 2 is 2.10 bits per heavy atom. The molecule has 1 amide bonds. The Bertz CT molecular complexity index is 231. The van der Waals surface area contributed by atoms with Crippen LogP contribution < -0.4 is 0 Å². The maximum absolute atomic E-state index is 10.7. The third-order valence-electron chi connectivity index (χ3n) is 0.798. The van der Waals surface area contributed by atoms with Crippen LogP contribution >= 0.6 is 0 Å². The van der Waals surface area contributed by atoms with Crippen LogP contribution in [0.15, 0.2) is 0 Å². The van der Waals surface area contributed by atoms with Crippen molar-refractivity contribution in [1.82, 2.24) is 4.90 Å². The summed E-state index contributed by atoms with van der Waals surface area (Å²) in [7, 11) is 2.94. The number of hydrogen-bond donors (Lipinski definition) is 0. The van der Waals surface area contributed by atoms with Crippen LogP contribution in [0.3, 0.4) is 0 Å². The quantitative estimate of drug-likeness (QED) is 0.148. The number of hydrogen-bond acceptors (Lipinski definition) is 1. The smallest absolute Gasteiger partial charge is 0.376 e. The third kappa shape index (κ3) is 1.69. The van der Waals surface area contributed by atoms with Gasteiger partial charge in [0, 0.05) is 14.1 Å². The first-order valence-electron chi connectivity index (χ1n) is 2.44. The zero-order valence-electron chi connectivity index (χ0n) is 5.70. The Balaban J connectivity index is 4.54. The van der Waals surface area contributed by atoms with Crippen LogP contribution in [0.25, 0.3) is 10.4 Å². The number of rotatable bonds is 0. The number of amidine groups is 1. The van der Waals surface area contributed by atoms with Gasteiger partial charge < -0.3 is 10.4 Å². The van der Waals surface area contributed by atoms with E-state index in [-0.39, 0.29) is 0 Å². The lowest BCUT2D eigenvalue weighted by Gasteiger charge is -2.01. The van der Waals surface area contributed by atoms with Crippen LogP contribution in [-0.4, -0.2) is 35.5 Å². The fourth-order valence-electron chi connectivity index (χ4n) is 0.313. The summed E-state index contributed by atoms with van der Waals surface area (Å²) in [5.41, 5.74) is 8.07. The summed E-state index contributed by atoms with van der Waals surface area (Å²) in [6.45, 7) is 6.37. The molecule has 10 heavy (non-hydrogen) atoms. The predicted octanol–water partition coefficient (Wildman–Crippen LogP) is -0.378. The average Bonchev–Trinajstić information content (AvgIpc) is 1.90. The van der Waals surface area contributed by atoms with Gasteiger partial charge in [-0.1, -0.05) is 0 Å². The van der Waals surface area contributed by atoms with E-state index in [2.05, 4.69) is 9.63 Å². The lowest BCUT2D eigenvalue weighted by Crippen LogP contribution is -2.28. The predicted molar refractivity (Wildman–Crippen MR) is 33.9 cm³/mol. The highest BCUT2D eigenvalue weighted by atomic mass is 16.2. The standard InChI is InChI=1S/C5H6N4O/c1-7-4(8-6)5(10)9(2)3/h2-3H3. The summed E-state index contributed by atoms with van der Waals surface area (Å²) >= 11 is 0. The lowest BCUT2D eigenvalue weighted by molar-refractivity contribution is -0.126. The molecule has 0 spiro atoms. The maximum atomic E-state index is 10.7. The SMILES string of the molecule is [C-]#[N+]C(=[N+]=[N-])C(=O)N(C)C. The van der Waals surface area contributed by atoms with Gasteiger partial charge in [0.15, 0.2) is 0 Å². The first-order chi connectivity index (χ1) is 4.63. The summed E-state index contributed by atoms with van der Waals surface area (Å²) in [6.07, 6.45) is 0. The second-order valence-electron chi connectivity index (χ2n) is 1.73. The van der Waals surface area contributed by atoms with Crippen molar-refractivity contribution >= 4 is 11.7 Å². The minimum absolute atomic E-state index is 0.523. The van der Waals surface area contributed by atoms with Crippen LogP contribution in [0.4, 0.5) is 0 Å². The van der Waals surface area contributed by atoms with E-state index in [1.165, 1.54) is 14.1 Å². The first-order valence-corrected chi connectivity index (χ1v) is 2.44. The Morgan fingerprint density at radius 3 is 2.20 bits per heavy atom. The zero-order valence-corrected chi connectivity index (χ0v) is 5.70. The Labute approximate surface area is 58.3 Å². The van der Waals surface area contributed by atoms with Crippen molar-refractivity contribution in [3.63, 3.8) is 0 Å². The topological polar surface area (TPSA) is 61.1 Å². The molecule has 0 rings (SSSR count). The minimum atomic E-state index is -0.600. The summed E-state index contributed by atoms with van der Waals surface area (Å²) in [6, 6.07) is 0. The molecule has 0 aromatic rings. The minimum Gasteiger partial charge on any atom is -0.376 e. The molecular formula is C5H6N4O. The molecule has 0 aromatic carbocycles. The molecule has 0 fully saturated rings. The van der Waals surface area contributed by atoms with Crippen molar-refractivity contribution in [3.05, 3.63) is 16.9 Å². The molecule has 5 heteroatoms. The first kappa shape index (κ1) is 8.34. The molecule has 0 saturated carbocycles. The van der Waals surface area contributed by atoms with E-state index in [4.69, 9.17) is 12.1 Å². The van der Waals surface area contributed by atoms with Crippen LogP contribution in [0, 0.1) is 6.57 Å². The van der Waals surface area contributed by atoms with E-state index in [1.807, 2.05) is 0 Å². The lowest BCUT2D eigenvalue weighted by atomic mass is 10.5. The Hall–Kier alpha value is -1.66. The maximum Gasteiger partial charge on any atom is 0.585 e. The van der Waals surface area contributed by atoms with E-state index in [0.717, 1.165) is 4.90 Å². The van der Waals surface area contributed by atoms with Gasteiger partial charge in [-0.15, -0.1) is 4.85 Å². The molecule has 0 aromatic heterocycles. The van der Waals surface area contributed by atoms with Crippen LogP contribution in [-0.2, 0) is 4.79 Å². The summed E-state index contributed by atoms with van der Waals surface area (Å²) in [5.74, 6) is -1.12. The molecule has 0 aliphatic carbocycles. The second kappa shape index (κ2) is 3.38. The molecule has 0 aliphatic heterocycles. The van der Waals surface area contributed by atoms with Crippen molar-refractivity contribution in [2.45, 2.75) is 0 Å². The van der Waals surface area contributed by atoms with Gasteiger partial charge >= 0.3 is 11.7 Å². The molecule has 0 unspecified atom stereocenters. The third-order valence-corrected chi connectivity index (χ3v) is 0.798. The monoisotopic (exact) mass is 138 g/mol. The largest absolute Gasteiger partial charge is 0.585 e. The second-order valence-corrected chi connectivity index (χ2v) is 1.73. The fraction of sp³-hybridized carbons (Fsp3) is 0.400. The number of likely N-dealkylation sites (N-methyl/N-ethyl adjacent to an activating group) is 1. The molecule has 0 aliphatic rings. The highest BCUT2D eigenvalue weighted by Gasteiger charge is 2.21. The van der Waals surface area contributed by atoms with Gasteiger partial charge in [-0.05, 0) is 0 Å². The molecule has 52 valence electrons. The molecule has 0 atom stereocenters. The van der Waals surface area contributed by atoms with Crippen molar-refractivity contribution in [1.29, 1.82) is 0 Å². The van der Waals surface area contributed by atoms with Crippen molar-refractivity contribution in [2.24, 2.45) is 0 Å². The van der Waals surface area contributed by atoms with Crippen molar-refractivity contribution < 1.29 is 9.58 Å². The van der Waals surface area contributed by atoms with E-state index >= 15 is 0 Å². The molecule has 0 radical (unpaired) electrons. The van der Waals surface area contributed by atoms with Gasteiger partial charge in [0.1, 0.15) is 6.57 Å². The molecule has 0 heterocycles. The van der Waals surface area contributed by atoms with Crippen LogP contribution in [0.5, 0.6) is 0 Å². The van der Waals surface area contributed by atoms with Gasteiger partial charge in [0.25, 0.3) is 0 Å². The number of amides is 1. The molecule has 0 N–H and O–H groups in total. The van der Waals surface area contributed by atoms with E-state index in [0.29, 0.717) is 0 Å². The Kier molecular flexibility index (Phi) is 2.82. The highest BCUT2D eigenvalue weighted by Crippen LogP contribution is 1.81. The zero-order chi connectivity index (χ0) is 8.15. The van der Waals surface area contributed by atoms with Gasteiger partial charge in [-0.2, -0.15) is 4.79 Å². The number of carbonyl (C=O) groups excluding carboxylic acids is 1. The average molecular weight is 138 g/mol. The molecule has 0 bridgehead atoms. The summed E-state index contributed by atoms with van der Waals surface area (Å²) < 4.78 is 0. The highest BCUT2D eigenvalue weighted by molar-refractivity contribution is 6.39. The van der Waals surface area contributed by atoms with E-state index in [9.17, 15) is 4.79 Å². The van der Waals surface area contributed by atoms with Crippen LogP contribution in [0.1, 0.15) is 0 Å². The van der Waals surface area contributed by atoms with Gasteiger partial charge in [0.05, 0.1) is 0 Å². The van der Waals surface area contributed by atoms with Crippen molar-refractivity contribution in [3.8, 4) is 0 Å². The van der Waals surface area contributed by atoms with Gasteiger partial charge in [-0.25, -0.2) is 0 Å². The Morgan fingerprint density at radius 1 is 1.60 bits per heavy atom. The summed E-state index contributed by atoms with van der Waals surface area (Å²) in [5, 5.41) is 0. The summed E-state index contributed by atoms with van der Waals surface area (Å²) in [4.78, 5) is 17.1. The fourth-order valence-corrected chi connectivity index (χ4v) is 0.313. The number of nitrogens with zero attached hydrogens (tertiary/aromatic N) is 4.